The molecule has 0 radical (unpaired) electrons. The van der Waals surface area contributed by atoms with Crippen LogP contribution in [-0.2, 0) is 28.5 Å². The Morgan fingerprint density at radius 3 is 1.91 bits per heavy atom. The summed E-state index contributed by atoms with van der Waals surface area (Å²) in [5.41, 5.74) is 0. The summed E-state index contributed by atoms with van der Waals surface area (Å²) in [4.78, 5) is 22.6. The van der Waals surface area contributed by atoms with Crippen molar-refractivity contribution in [2.24, 2.45) is 0 Å². The minimum atomic E-state index is -2.59. The Hall–Kier alpha value is -1.54. The van der Waals surface area contributed by atoms with E-state index in [1.165, 1.54) is 0 Å². The molecule has 0 aromatic rings. The van der Waals surface area contributed by atoms with Crippen molar-refractivity contribution in [3.8, 4) is 0 Å². The van der Waals surface area contributed by atoms with Gasteiger partial charge in [-0.1, -0.05) is 0 Å². The fourth-order valence-corrected chi connectivity index (χ4v) is 3.16. The molecule has 2 aliphatic rings. The van der Waals surface area contributed by atoms with Crippen LogP contribution >= 0.6 is 0 Å². The average molecular weight is 474 g/mol. The average Bonchev–Trinajstić information content (AvgIpc) is 2.76. The van der Waals surface area contributed by atoms with E-state index >= 15 is 0 Å². The lowest BCUT2D eigenvalue weighted by atomic mass is 9.97. The highest BCUT2D eigenvalue weighted by Gasteiger charge is 2.52. The van der Waals surface area contributed by atoms with E-state index in [9.17, 15) is 55.5 Å². The first-order valence-corrected chi connectivity index (χ1v) is 9.32. The molecule has 0 aromatic carbocycles. The number of carboxylic acid groups (broad SMARTS) is 1. The van der Waals surface area contributed by atoms with Crippen molar-refractivity contribution in [1.82, 2.24) is 0 Å². The van der Waals surface area contributed by atoms with Crippen LogP contribution in [0.15, 0.2) is 0 Å². The van der Waals surface area contributed by atoms with Gasteiger partial charge in [0, 0.05) is 0 Å². The summed E-state index contributed by atoms with van der Waals surface area (Å²) in [6, 6.07) is 0. The number of hydrogen-bond donors (Lipinski definition) is 10. The van der Waals surface area contributed by atoms with E-state index in [4.69, 9.17) is 24.1 Å². The fraction of sp³-hybridized carbons (Fsp3) is 0.875. The third-order valence-corrected chi connectivity index (χ3v) is 5.00. The molecule has 2 fully saturated rings. The summed E-state index contributed by atoms with van der Waals surface area (Å²) >= 11 is 0. The summed E-state index contributed by atoms with van der Waals surface area (Å²) in [5, 5.41) is 96.3. The Morgan fingerprint density at radius 2 is 1.38 bits per heavy atom. The Kier molecular flexibility index (Phi) is 9.23. The van der Waals surface area contributed by atoms with Crippen molar-refractivity contribution in [1.29, 1.82) is 0 Å². The molecule has 186 valence electrons. The highest BCUT2D eigenvalue weighted by Crippen LogP contribution is 2.30. The number of aliphatic hydroxyl groups is 9. The van der Waals surface area contributed by atoms with Crippen LogP contribution < -0.4 is 0 Å². The molecule has 2 rings (SSSR count). The number of carbonyl (C=O) groups excluding carboxylic acids is 1. The highest BCUT2D eigenvalue weighted by molar-refractivity contribution is 5.84. The van der Waals surface area contributed by atoms with Gasteiger partial charge in [0.05, 0.1) is 13.2 Å². The quantitative estimate of drug-likeness (QED) is 0.146. The second kappa shape index (κ2) is 11.1. The molecule has 0 bridgehead atoms. The third-order valence-electron chi connectivity index (χ3n) is 5.00. The first-order valence-electron chi connectivity index (χ1n) is 9.32. The summed E-state index contributed by atoms with van der Waals surface area (Å²) in [6.45, 7) is -1.73. The Morgan fingerprint density at radius 1 is 0.781 bits per heavy atom. The molecular weight excluding hydrogens is 448 g/mol. The van der Waals surface area contributed by atoms with E-state index in [0.29, 0.717) is 0 Å². The van der Waals surface area contributed by atoms with Gasteiger partial charge in [-0.2, -0.15) is 0 Å². The molecule has 10 N–H and O–H groups in total. The van der Waals surface area contributed by atoms with Gasteiger partial charge in [-0.05, 0) is 0 Å². The third kappa shape index (κ3) is 5.50. The van der Waals surface area contributed by atoms with Crippen LogP contribution in [0.1, 0.15) is 0 Å². The van der Waals surface area contributed by atoms with Crippen molar-refractivity contribution < 1.29 is 79.6 Å². The summed E-state index contributed by atoms with van der Waals surface area (Å²) in [6.07, 6.45) is -23.3. The monoisotopic (exact) mass is 474 g/mol. The molecule has 16 heteroatoms. The number of ether oxygens (including phenoxy) is 4. The van der Waals surface area contributed by atoms with Crippen LogP contribution in [0.4, 0.5) is 0 Å². The predicted molar refractivity (Wildman–Crippen MR) is 92.1 cm³/mol. The van der Waals surface area contributed by atoms with Gasteiger partial charge >= 0.3 is 11.9 Å². The maximum atomic E-state index is 12.0. The molecule has 2 saturated heterocycles. The Balaban J connectivity index is 2.20. The minimum Gasteiger partial charge on any atom is -0.479 e. The zero-order chi connectivity index (χ0) is 24.3. The van der Waals surface area contributed by atoms with Gasteiger partial charge in [0.2, 0.25) is 0 Å². The van der Waals surface area contributed by atoms with Gasteiger partial charge in [-0.15, -0.1) is 0 Å². The standard InChI is InChI=1S/C16H26O16/c17-1-3-5(19)12(31-15(28)9(23)7(21)13(25)26)10(24)16(30-3)32-11-4(2-18)29-14(27)8(22)6(11)20/h3-12,14,16-24,27H,1-2H2,(H,25,26)/t3-,4-,5-,6-,7?,8-,9?,10-,11-,12+,14-,16-/m1/s1. The number of esters is 1. The zero-order valence-corrected chi connectivity index (χ0v) is 16.3. The van der Waals surface area contributed by atoms with Crippen molar-refractivity contribution in [2.45, 2.75) is 73.6 Å². The fourth-order valence-electron chi connectivity index (χ4n) is 3.16. The Labute approximate surface area is 179 Å². The van der Waals surface area contributed by atoms with E-state index in [1.807, 2.05) is 0 Å². The second-order valence-electron chi connectivity index (χ2n) is 7.17. The number of rotatable bonds is 8. The topological polar surface area (TPSA) is 273 Å². The van der Waals surface area contributed by atoms with Crippen LogP contribution in [-0.4, -0.2) is 150 Å². The molecule has 0 aliphatic carbocycles. The van der Waals surface area contributed by atoms with E-state index in [1.54, 1.807) is 0 Å². The van der Waals surface area contributed by atoms with E-state index in [0.717, 1.165) is 0 Å². The SMILES string of the molecule is O=C(O)C(O)C(O)C(=O)O[C@@H]1[C@@H](O)[C@@H](O[C@H]2[C@H](O)[C@@H](O)[C@H](O)O[C@@H]2CO)O[C@H](CO)[C@H]1O. The van der Waals surface area contributed by atoms with Gasteiger partial charge in [0.15, 0.2) is 30.9 Å². The lowest BCUT2D eigenvalue weighted by Gasteiger charge is -2.45. The van der Waals surface area contributed by atoms with Crippen molar-refractivity contribution in [2.75, 3.05) is 13.2 Å². The van der Waals surface area contributed by atoms with Crippen LogP contribution in [0.25, 0.3) is 0 Å². The molecule has 12 atom stereocenters. The second-order valence-corrected chi connectivity index (χ2v) is 7.17. The van der Waals surface area contributed by atoms with E-state index in [2.05, 4.69) is 0 Å². The van der Waals surface area contributed by atoms with Crippen molar-refractivity contribution in [3.63, 3.8) is 0 Å². The van der Waals surface area contributed by atoms with Gasteiger partial charge in [-0.25, -0.2) is 9.59 Å². The van der Waals surface area contributed by atoms with Crippen molar-refractivity contribution in [3.05, 3.63) is 0 Å². The number of carboxylic acids is 1. The summed E-state index contributed by atoms with van der Waals surface area (Å²) < 4.78 is 20.1. The highest BCUT2D eigenvalue weighted by atomic mass is 16.7. The zero-order valence-electron chi connectivity index (χ0n) is 16.3. The first-order chi connectivity index (χ1) is 14.9. The van der Waals surface area contributed by atoms with Gasteiger partial charge in [0.25, 0.3) is 0 Å². The van der Waals surface area contributed by atoms with Crippen LogP contribution in [0.3, 0.4) is 0 Å². The molecule has 2 unspecified atom stereocenters. The molecule has 2 heterocycles. The van der Waals surface area contributed by atoms with Gasteiger partial charge in [0.1, 0.15) is 42.7 Å². The minimum absolute atomic E-state index is 0.821. The normalized spacial score (nSPS) is 42.2. The molecule has 16 nitrogen and oxygen atoms in total. The predicted octanol–water partition coefficient (Wildman–Crippen LogP) is -7.04. The molecule has 2 aliphatic heterocycles. The lowest BCUT2D eigenvalue weighted by molar-refractivity contribution is -0.355. The number of aliphatic hydroxyl groups excluding tert-OH is 9. The Bertz CT molecular complexity index is 644. The molecule has 0 saturated carbocycles. The number of hydrogen-bond acceptors (Lipinski definition) is 15. The summed E-state index contributed by atoms with van der Waals surface area (Å²) in [7, 11) is 0. The number of aliphatic carboxylic acids is 1. The molecular formula is C16H26O16. The maximum Gasteiger partial charge on any atom is 0.338 e. The maximum absolute atomic E-state index is 12.0. The van der Waals surface area contributed by atoms with Crippen LogP contribution in [0.2, 0.25) is 0 Å². The van der Waals surface area contributed by atoms with Gasteiger partial charge in [-0.3, -0.25) is 0 Å². The molecule has 32 heavy (non-hydrogen) atoms. The van der Waals surface area contributed by atoms with Crippen LogP contribution in [0.5, 0.6) is 0 Å². The number of carbonyl (C=O) groups is 2. The van der Waals surface area contributed by atoms with Gasteiger partial charge < -0.3 is 70.0 Å². The lowest BCUT2D eigenvalue weighted by Crippen LogP contribution is -2.65. The summed E-state index contributed by atoms with van der Waals surface area (Å²) in [5.74, 6) is -3.70. The first kappa shape index (κ1) is 26.7. The molecule has 0 aromatic heterocycles. The smallest absolute Gasteiger partial charge is 0.338 e. The van der Waals surface area contributed by atoms with E-state index < -0.39 is 98.8 Å². The molecule has 0 amide bonds. The largest absolute Gasteiger partial charge is 0.479 e. The van der Waals surface area contributed by atoms with Crippen LogP contribution in [0, 0.1) is 0 Å². The van der Waals surface area contributed by atoms with Crippen molar-refractivity contribution >= 4 is 11.9 Å². The van der Waals surface area contributed by atoms with E-state index in [-0.39, 0.29) is 0 Å². The molecule has 0 spiro atoms.